The molecule has 1 N–H and O–H groups in total. The first kappa shape index (κ1) is 11.6. The highest BCUT2D eigenvalue weighted by molar-refractivity contribution is 8.03. The zero-order valence-corrected chi connectivity index (χ0v) is 11.1. The van der Waals surface area contributed by atoms with Crippen LogP contribution in [0.5, 0.6) is 0 Å². The lowest BCUT2D eigenvalue weighted by atomic mass is 9.56. The Hall–Kier alpha value is -0.440. The molecule has 2 nitrogen and oxygen atoms in total. The molecule has 0 spiro atoms. The molecule has 0 saturated heterocycles. The van der Waals surface area contributed by atoms with Crippen LogP contribution >= 0.6 is 11.8 Å². The van der Waals surface area contributed by atoms with E-state index in [-0.39, 0.29) is 0 Å². The number of rotatable bonds is 3. The zero-order chi connectivity index (χ0) is 12.0. The Morgan fingerprint density at radius 3 is 2.12 bits per heavy atom. The minimum Gasteiger partial charge on any atom is -0.478 e. The third-order valence-electron chi connectivity index (χ3n) is 4.79. The molecule has 0 radical (unpaired) electrons. The van der Waals surface area contributed by atoms with Gasteiger partial charge in [0.2, 0.25) is 0 Å². The Morgan fingerprint density at radius 1 is 1.12 bits per heavy atom. The zero-order valence-electron chi connectivity index (χ0n) is 10.3. The second-order valence-electron chi connectivity index (χ2n) is 6.11. The molecule has 0 aliphatic heterocycles. The number of hydrogen-bond acceptors (Lipinski definition) is 2. The quantitative estimate of drug-likeness (QED) is 0.781. The minimum atomic E-state index is -0.807. The highest BCUT2D eigenvalue weighted by Crippen LogP contribution is 2.57. The third kappa shape index (κ3) is 2.26. The predicted octanol–water partition coefficient (Wildman–Crippen LogP) is 3.53. The second kappa shape index (κ2) is 4.34. The van der Waals surface area contributed by atoms with E-state index in [1.165, 1.54) is 38.2 Å². The predicted molar refractivity (Wildman–Crippen MR) is 69.8 cm³/mol. The Bertz CT molecular complexity index is 333. The van der Waals surface area contributed by atoms with Crippen molar-refractivity contribution in [2.24, 2.45) is 23.7 Å². The molecule has 0 atom stereocenters. The van der Waals surface area contributed by atoms with Crippen LogP contribution in [0.2, 0.25) is 0 Å². The summed E-state index contributed by atoms with van der Waals surface area (Å²) in [5, 5.41) is 9.48. The fourth-order valence-electron chi connectivity index (χ4n) is 4.49. The molecule has 0 amide bonds. The lowest BCUT2D eigenvalue weighted by molar-refractivity contribution is -0.131. The van der Waals surface area contributed by atoms with E-state index >= 15 is 0 Å². The number of aliphatic carboxylic acids is 1. The number of carbonyl (C=O) groups is 1. The van der Waals surface area contributed by atoms with Crippen LogP contribution in [-0.4, -0.2) is 16.3 Å². The van der Waals surface area contributed by atoms with Crippen molar-refractivity contribution in [3.63, 3.8) is 0 Å². The van der Waals surface area contributed by atoms with Crippen LogP contribution in [0.1, 0.15) is 39.0 Å². The van der Waals surface area contributed by atoms with Gasteiger partial charge in [-0.2, -0.15) is 0 Å². The first-order valence-electron chi connectivity index (χ1n) is 6.69. The molecule has 4 aliphatic carbocycles. The first-order chi connectivity index (χ1) is 8.11. The molecule has 0 aromatic rings. The van der Waals surface area contributed by atoms with Gasteiger partial charge in [-0.05, 0) is 67.6 Å². The van der Waals surface area contributed by atoms with Crippen molar-refractivity contribution in [2.45, 2.75) is 44.3 Å². The summed E-state index contributed by atoms with van der Waals surface area (Å²) >= 11 is 1.84. The topological polar surface area (TPSA) is 37.3 Å². The van der Waals surface area contributed by atoms with Crippen molar-refractivity contribution in [1.29, 1.82) is 0 Å². The van der Waals surface area contributed by atoms with Crippen LogP contribution < -0.4 is 0 Å². The largest absolute Gasteiger partial charge is 0.478 e. The molecule has 17 heavy (non-hydrogen) atoms. The van der Waals surface area contributed by atoms with Gasteiger partial charge in [-0.1, -0.05) is 0 Å². The maximum Gasteiger partial charge on any atom is 0.329 e. The Balaban J connectivity index is 1.70. The van der Waals surface area contributed by atoms with Gasteiger partial charge < -0.3 is 5.11 Å². The van der Waals surface area contributed by atoms with E-state index in [9.17, 15) is 4.79 Å². The van der Waals surface area contributed by atoms with Crippen molar-refractivity contribution >= 4 is 17.7 Å². The first-order valence-corrected chi connectivity index (χ1v) is 7.57. The highest BCUT2D eigenvalue weighted by Gasteiger charge is 2.48. The van der Waals surface area contributed by atoms with Gasteiger partial charge in [0.15, 0.2) is 0 Å². The van der Waals surface area contributed by atoms with Crippen molar-refractivity contribution < 1.29 is 9.90 Å². The molecule has 0 unspecified atom stereocenters. The van der Waals surface area contributed by atoms with Crippen LogP contribution in [0.15, 0.2) is 11.0 Å². The lowest BCUT2D eigenvalue weighted by Gasteiger charge is -2.54. The summed E-state index contributed by atoms with van der Waals surface area (Å²) in [6.45, 7) is 1.95. The maximum atomic E-state index is 10.7. The summed E-state index contributed by atoms with van der Waals surface area (Å²) in [6.07, 6.45) is 8.48. The number of carboxylic acid groups (broad SMARTS) is 1. The molecule has 0 heterocycles. The van der Waals surface area contributed by atoms with Gasteiger partial charge in [0.1, 0.15) is 0 Å². The highest BCUT2D eigenvalue weighted by atomic mass is 32.2. The van der Waals surface area contributed by atoms with E-state index < -0.39 is 5.97 Å². The second-order valence-corrected chi connectivity index (χ2v) is 7.53. The monoisotopic (exact) mass is 252 g/mol. The minimum absolute atomic E-state index is 0.707. The average Bonchev–Trinajstić information content (AvgIpc) is 2.21. The van der Waals surface area contributed by atoms with Crippen LogP contribution in [0.25, 0.3) is 0 Å². The number of carboxylic acids is 1. The SMILES string of the molecule is C/C(=C\C(=O)O)SC1C2CC3CC(C2)CC1C3. The van der Waals surface area contributed by atoms with Gasteiger partial charge in [0.05, 0.1) is 0 Å². The summed E-state index contributed by atoms with van der Waals surface area (Å²) in [4.78, 5) is 11.6. The Morgan fingerprint density at radius 2 is 1.65 bits per heavy atom. The summed E-state index contributed by atoms with van der Waals surface area (Å²) < 4.78 is 0. The van der Waals surface area contributed by atoms with Crippen molar-refractivity contribution in [2.75, 3.05) is 0 Å². The van der Waals surface area contributed by atoms with Crippen LogP contribution in [0.3, 0.4) is 0 Å². The van der Waals surface area contributed by atoms with Gasteiger partial charge in [0.25, 0.3) is 0 Å². The van der Waals surface area contributed by atoms with Crippen molar-refractivity contribution in [1.82, 2.24) is 0 Å². The Labute approximate surface area is 107 Å². The molecule has 0 aromatic heterocycles. The lowest BCUT2D eigenvalue weighted by Crippen LogP contribution is -2.46. The van der Waals surface area contributed by atoms with Gasteiger partial charge in [-0.3, -0.25) is 0 Å². The average molecular weight is 252 g/mol. The Kier molecular flexibility index (Phi) is 2.97. The van der Waals surface area contributed by atoms with Crippen LogP contribution in [-0.2, 0) is 4.79 Å². The number of hydrogen-bond donors (Lipinski definition) is 1. The number of thioether (sulfide) groups is 1. The van der Waals surface area contributed by atoms with Crippen molar-refractivity contribution in [3.05, 3.63) is 11.0 Å². The fraction of sp³-hybridized carbons (Fsp3) is 0.786. The summed E-state index contributed by atoms with van der Waals surface area (Å²) in [5.41, 5.74) is 0. The van der Waals surface area contributed by atoms with E-state index in [0.29, 0.717) is 5.25 Å². The standard InChI is InChI=1S/C14H20O2S/c1-8(2-13(15)16)17-14-11-4-9-3-10(6-11)7-12(14)5-9/h2,9-12,14H,3-7H2,1H3,(H,15,16)/b8-2+. The van der Waals surface area contributed by atoms with E-state index in [2.05, 4.69) is 0 Å². The van der Waals surface area contributed by atoms with Crippen molar-refractivity contribution in [3.8, 4) is 0 Å². The van der Waals surface area contributed by atoms with Gasteiger partial charge in [-0.15, -0.1) is 11.8 Å². The van der Waals surface area contributed by atoms with E-state index in [0.717, 1.165) is 28.6 Å². The van der Waals surface area contributed by atoms with E-state index in [1.54, 1.807) is 0 Å². The molecular formula is C14H20O2S. The molecule has 4 bridgehead atoms. The molecule has 4 fully saturated rings. The van der Waals surface area contributed by atoms with Crippen LogP contribution in [0.4, 0.5) is 0 Å². The van der Waals surface area contributed by atoms with E-state index in [1.807, 2.05) is 18.7 Å². The molecule has 94 valence electrons. The van der Waals surface area contributed by atoms with Gasteiger partial charge >= 0.3 is 5.97 Å². The molecule has 4 rings (SSSR count). The van der Waals surface area contributed by atoms with Gasteiger partial charge in [0, 0.05) is 11.3 Å². The normalized spacial score (nSPS) is 44.1. The summed E-state index contributed by atoms with van der Waals surface area (Å²) in [5.74, 6) is 2.93. The van der Waals surface area contributed by atoms with E-state index in [4.69, 9.17) is 5.11 Å². The number of allylic oxidation sites excluding steroid dienone is 1. The summed E-state index contributed by atoms with van der Waals surface area (Å²) in [6, 6.07) is 0. The maximum absolute atomic E-state index is 10.7. The molecule has 3 heteroatoms. The third-order valence-corrected chi connectivity index (χ3v) is 6.32. The smallest absolute Gasteiger partial charge is 0.329 e. The van der Waals surface area contributed by atoms with Crippen LogP contribution in [0, 0.1) is 23.7 Å². The fourth-order valence-corrected chi connectivity index (χ4v) is 5.92. The molecule has 4 aliphatic rings. The molecule has 0 aromatic carbocycles. The molecular weight excluding hydrogens is 232 g/mol. The molecule has 4 saturated carbocycles. The summed E-state index contributed by atoms with van der Waals surface area (Å²) in [7, 11) is 0. The van der Waals surface area contributed by atoms with Gasteiger partial charge in [-0.25, -0.2) is 4.79 Å².